The third kappa shape index (κ3) is 4.59. The molecule has 34 heavy (non-hydrogen) atoms. The molecule has 1 aromatic carbocycles. The Bertz CT molecular complexity index is 1360. The summed E-state index contributed by atoms with van der Waals surface area (Å²) in [6.45, 7) is 6.79. The summed E-state index contributed by atoms with van der Waals surface area (Å²) in [6.07, 6.45) is 5.90. The lowest BCUT2D eigenvalue weighted by Crippen LogP contribution is -2.48. The van der Waals surface area contributed by atoms with Gasteiger partial charge in [-0.15, -0.1) is 5.10 Å². The molecule has 8 nitrogen and oxygen atoms in total. The van der Waals surface area contributed by atoms with Gasteiger partial charge in [-0.2, -0.15) is 0 Å². The number of anilines is 1. The fourth-order valence-electron chi connectivity index (χ4n) is 4.93. The van der Waals surface area contributed by atoms with Crippen LogP contribution in [0, 0.1) is 13.8 Å². The molecule has 4 heterocycles. The largest absolute Gasteiger partial charge is 0.408 e. The van der Waals surface area contributed by atoms with E-state index in [1.165, 1.54) is 5.56 Å². The van der Waals surface area contributed by atoms with E-state index >= 15 is 0 Å². The normalized spacial score (nSPS) is 16.5. The van der Waals surface area contributed by atoms with E-state index in [0.29, 0.717) is 18.5 Å². The van der Waals surface area contributed by atoms with Gasteiger partial charge in [-0.3, -0.25) is 14.7 Å². The SMILES string of the molecule is Cc1cc(CN(Cc2cn(C)c3ccccc3c2=O)[C@H]2CCCN(c3nnc(C)o3)C2)ccn1. The van der Waals surface area contributed by atoms with Crippen LogP contribution in [-0.4, -0.2) is 43.8 Å². The molecule has 0 saturated carbocycles. The van der Waals surface area contributed by atoms with Crippen LogP contribution in [0.2, 0.25) is 0 Å². The first kappa shape index (κ1) is 22.3. The van der Waals surface area contributed by atoms with Crippen molar-refractivity contribution < 1.29 is 4.42 Å². The van der Waals surface area contributed by atoms with Crippen LogP contribution in [0.15, 0.2) is 58.0 Å². The van der Waals surface area contributed by atoms with Crippen molar-refractivity contribution in [2.75, 3.05) is 18.0 Å². The topological polar surface area (TPSA) is 80.3 Å². The van der Waals surface area contributed by atoms with Crippen molar-refractivity contribution in [3.63, 3.8) is 0 Å². The Morgan fingerprint density at radius 1 is 1.15 bits per heavy atom. The Morgan fingerprint density at radius 2 is 2.00 bits per heavy atom. The number of nitrogens with zero attached hydrogens (tertiary/aromatic N) is 6. The Labute approximate surface area is 198 Å². The predicted molar refractivity (Wildman–Crippen MR) is 132 cm³/mol. The molecule has 3 aromatic heterocycles. The zero-order valence-electron chi connectivity index (χ0n) is 19.9. The minimum Gasteiger partial charge on any atom is -0.408 e. The quantitative estimate of drug-likeness (QED) is 0.437. The number of benzene rings is 1. The zero-order chi connectivity index (χ0) is 23.7. The maximum atomic E-state index is 13.4. The van der Waals surface area contributed by atoms with Crippen LogP contribution in [0.1, 0.15) is 35.6 Å². The van der Waals surface area contributed by atoms with Gasteiger partial charge in [0.1, 0.15) is 0 Å². The van der Waals surface area contributed by atoms with E-state index in [1.54, 1.807) is 0 Å². The second-order valence-corrected chi connectivity index (χ2v) is 9.17. The van der Waals surface area contributed by atoms with E-state index in [-0.39, 0.29) is 11.5 Å². The van der Waals surface area contributed by atoms with Crippen molar-refractivity contribution in [3.05, 3.63) is 81.7 Å². The first-order valence-electron chi connectivity index (χ1n) is 11.8. The van der Waals surface area contributed by atoms with Gasteiger partial charge >= 0.3 is 6.01 Å². The highest BCUT2D eigenvalue weighted by molar-refractivity contribution is 5.79. The van der Waals surface area contributed by atoms with E-state index < -0.39 is 0 Å². The summed E-state index contributed by atoms with van der Waals surface area (Å²) in [6, 6.07) is 12.8. The number of aryl methyl sites for hydroxylation is 3. The van der Waals surface area contributed by atoms with Gasteiger partial charge in [0.05, 0.1) is 5.52 Å². The summed E-state index contributed by atoms with van der Waals surface area (Å²) >= 11 is 0. The van der Waals surface area contributed by atoms with Crippen LogP contribution in [0.25, 0.3) is 10.9 Å². The van der Waals surface area contributed by atoms with Gasteiger partial charge in [-0.1, -0.05) is 17.2 Å². The summed E-state index contributed by atoms with van der Waals surface area (Å²) in [5.41, 5.74) is 4.03. The highest BCUT2D eigenvalue weighted by Gasteiger charge is 2.29. The molecule has 0 unspecified atom stereocenters. The molecule has 0 aliphatic carbocycles. The fraction of sp³-hybridized carbons (Fsp3) is 0.385. The highest BCUT2D eigenvalue weighted by Crippen LogP contribution is 2.24. The van der Waals surface area contributed by atoms with Crippen molar-refractivity contribution in [2.45, 2.75) is 45.8 Å². The maximum absolute atomic E-state index is 13.4. The summed E-state index contributed by atoms with van der Waals surface area (Å²) in [4.78, 5) is 22.3. The molecule has 1 aliphatic rings. The second-order valence-electron chi connectivity index (χ2n) is 9.17. The molecule has 0 N–H and O–H groups in total. The van der Waals surface area contributed by atoms with Gasteiger partial charge in [0.25, 0.3) is 0 Å². The minimum atomic E-state index is 0.102. The monoisotopic (exact) mass is 458 g/mol. The summed E-state index contributed by atoms with van der Waals surface area (Å²) in [7, 11) is 2.00. The van der Waals surface area contributed by atoms with Crippen molar-refractivity contribution >= 4 is 16.9 Å². The third-order valence-corrected chi connectivity index (χ3v) is 6.59. The van der Waals surface area contributed by atoms with Gasteiger partial charge in [0.2, 0.25) is 5.89 Å². The molecule has 5 rings (SSSR count). The Kier molecular flexibility index (Phi) is 6.15. The van der Waals surface area contributed by atoms with Crippen molar-refractivity contribution in [1.82, 2.24) is 24.6 Å². The number of hydrogen-bond donors (Lipinski definition) is 0. The summed E-state index contributed by atoms with van der Waals surface area (Å²) < 4.78 is 7.76. The number of piperidine rings is 1. The van der Waals surface area contributed by atoms with Crippen molar-refractivity contribution in [2.24, 2.45) is 7.05 Å². The van der Waals surface area contributed by atoms with E-state index in [1.807, 2.05) is 57.6 Å². The third-order valence-electron chi connectivity index (χ3n) is 6.59. The molecule has 1 saturated heterocycles. The lowest BCUT2D eigenvalue weighted by Gasteiger charge is -2.38. The fourth-order valence-corrected chi connectivity index (χ4v) is 4.93. The molecular formula is C26H30N6O2. The van der Waals surface area contributed by atoms with Crippen molar-refractivity contribution in [1.29, 1.82) is 0 Å². The van der Waals surface area contributed by atoms with Gasteiger partial charge < -0.3 is 13.9 Å². The molecule has 0 spiro atoms. The number of para-hydroxylation sites is 1. The first-order chi connectivity index (χ1) is 16.5. The van der Waals surface area contributed by atoms with E-state index in [4.69, 9.17) is 4.42 Å². The summed E-state index contributed by atoms with van der Waals surface area (Å²) in [5.74, 6) is 0.570. The smallest absolute Gasteiger partial charge is 0.318 e. The number of hydrogen-bond acceptors (Lipinski definition) is 7. The van der Waals surface area contributed by atoms with Crippen LogP contribution >= 0.6 is 0 Å². The molecule has 1 atom stereocenters. The molecule has 176 valence electrons. The first-order valence-corrected chi connectivity index (χ1v) is 11.8. The summed E-state index contributed by atoms with van der Waals surface area (Å²) in [5, 5.41) is 8.99. The number of aromatic nitrogens is 4. The Morgan fingerprint density at radius 3 is 2.79 bits per heavy atom. The molecule has 8 heteroatoms. The van der Waals surface area contributed by atoms with Gasteiger partial charge in [-0.25, -0.2) is 0 Å². The number of fused-ring (bicyclic) bond motifs is 1. The molecule has 1 fully saturated rings. The van der Waals surface area contributed by atoms with Crippen molar-refractivity contribution in [3.8, 4) is 0 Å². The van der Waals surface area contributed by atoms with Gasteiger partial charge in [-0.05, 0) is 49.6 Å². The number of rotatable bonds is 6. The molecule has 0 radical (unpaired) electrons. The van der Waals surface area contributed by atoms with E-state index in [2.05, 4.69) is 41.7 Å². The highest BCUT2D eigenvalue weighted by atomic mass is 16.4. The van der Waals surface area contributed by atoms with E-state index in [9.17, 15) is 4.79 Å². The Hall–Kier alpha value is -3.52. The van der Waals surface area contributed by atoms with Crippen LogP contribution in [-0.2, 0) is 20.1 Å². The predicted octanol–water partition coefficient (Wildman–Crippen LogP) is 3.60. The maximum Gasteiger partial charge on any atom is 0.318 e. The average molecular weight is 459 g/mol. The molecule has 0 amide bonds. The van der Waals surface area contributed by atoms with Crippen LogP contribution in [0.4, 0.5) is 6.01 Å². The van der Waals surface area contributed by atoms with Crippen LogP contribution < -0.4 is 10.3 Å². The molecule has 0 bridgehead atoms. The number of pyridine rings is 2. The van der Waals surface area contributed by atoms with Gasteiger partial charge in [0, 0.05) is 75.2 Å². The second kappa shape index (κ2) is 9.38. The van der Waals surface area contributed by atoms with Gasteiger partial charge in [0.15, 0.2) is 5.43 Å². The molecule has 1 aliphatic heterocycles. The minimum absolute atomic E-state index is 0.102. The Balaban J connectivity index is 1.48. The van der Waals surface area contributed by atoms with Crippen LogP contribution in [0.3, 0.4) is 0 Å². The van der Waals surface area contributed by atoms with E-state index in [0.717, 1.165) is 54.6 Å². The van der Waals surface area contributed by atoms with Crippen LogP contribution in [0.5, 0.6) is 0 Å². The molecular weight excluding hydrogens is 428 g/mol. The zero-order valence-corrected chi connectivity index (χ0v) is 19.9. The molecule has 4 aromatic rings. The lowest BCUT2D eigenvalue weighted by atomic mass is 10.0. The average Bonchev–Trinajstić information content (AvgIpc) is 3.28. The standard InChI is InChI=1S/C26H30N6O2/c1-18-13-20(10-11-27-18)14-32(22-7-6-12-31(17-22)26-29-28-19(2)34-26)16-21-15-30(3)24-9-5-4-8-23(24)25(21)33/h4-5,8-11,13,15,22H,6-7,12,14,16-17H2,1-3H3/t22-/m0/s1. The lowest BCUT2D eigenvalue weighted by molar-refractivity contribution is 0.156.